The second-order valence-corrected chi connectivity index (χ2v) is 5.33. The summed E-state index contributed by atoms with van der Waals surface area (Å²) in [7, 11) is 0. The molecular formula is C15H13NOS. The molecule has 1 heterocycles. The Kier molecular flexibility index (Phi) is 3.07. The average Bonchev–Trinajstić information content (AvgIpc) is 2.85. The second kappa shape index (κ2) is 4.86. The van der Waals surface area contributed by atoms with Gasteiger partial charge in [-0.05, 0) is 30.9 Å². The first-order valence-corrected chi connectivity index (χ1v) is 6.94. The van der Waals surface area contributed by atoms with E-state index in [2.05, 4.69) is 11.1 Å². The molecule has 2 aromatic rings. The van der Waals surface area contributed by atoms with Crippen LogP contribution >= 0.6 is 11.3 Å². The van der Waals surface area contributed by atoms with Crippen LogP contribution in [0.2, 0.25) is 0 Å². The number of ketones is 1. The highest BCUT2D eigenvalue weighted by atomic mass is 32.1. The van der Waals surface area contributed by atoms with Gasteiger partial charge in [0.2, 0.25) is 0 Å². The maximum atomic E-state index is 12.5. The highest BCUT2D eigenvalue weighted by molar-refractivity contribution is 7.10. The molecule has 0 N–H and O–H groups in total. The fourth-order valence-corrected chi connectivity index (χ4v) is 2.90. The van der Waals surface area contributed by atoms with Gasteiger partial charge >= 0.3 is 0 Å². The van der Waals surface area contributed by atoms with Crippen LogP contribution in [0.5, 0.6) is 0 Å². The lowest BCUT2D eigenvalue weighted by molar-refractivity contribution is 0.103. The predicted molar refractivity (Wildman–Crippen MR) is 73.8 cm³/mol. The van der Waals surface area contributed by atoms with Crippen molar-refractivity contribution in [2.75, 3.05) is 0 Å². The van der Waals surface area contributed by atoms with E-state index in [-0.39, 0.29) is 5.78 Å². The highest BCUT2D eigenvalue weighted by Crippen LogP contribution is 2.26. The normalized spacial score (nSPS) is 17.6. The third-order valence-electron chi connectivity index (χ3n) is 3.21. The van der Waals surface area contributed by atoms with E-state index in [1.54, 1.807) is 16.8 Å². The van der Waals surface area contributed by atoms with Gasteiger partial charge in [0.1, 0.15) is 0 Å². The van der Waals surface area contributed by atoms with Gasteiger partial charge < -0.3 is 0 Å². The standard InChI is InChI=1S/C15H13NOS/c17-15-12(8-13-9-16-10-18-13)6-3-5-11-4-1-2-7-14(11)15/h1-2,4,7-10H,3,5-6H2/b12-8+. The first-order valence-electron chi connectivity index (χ1n) is 6.06. The van der Waals surface area contributed by atoms with Crippen LogP contribution in [0.15, 0.2) is 41.5 Å². The molecule has 0 unspecified atom stereocenters. The van der Waals surface area contributed by atoms with Gasteiger partial charge in [0.15, 0.2) is 5.78 Å². The van der Waals surface area contributed by atoms with E-state index in [0.717, 1.165) is 35.3 Å². The lowest BCUT2D eigenvalue weighted by Gasteiger charge is -2.04. The third-order valence-corrected chi connectivity index (χ3v) is 3.94. The number of aryl methyl sites for hydroxylation is 1. The summed E-state index contributed by atoms with van der Waals surface area (Å²) in [6.07, 6.45) is 6.67. The van der Waals surface area contributed by atoms with Crippen molar-refractivity contribution in [1.29, 1.82) is 0 Å². The van der Waals surface area contributed by atoms with Crippen LogP contribution in [0.25, 0.3) is 6.08 Å². The Labute approximate surface area is 110 Å². The van der Waals surface area contributed by atoms with E-state index in [9.17, 15) is 4.79 Å². The largest absolute Gasteiger partial charge is 0.289 e. The van der Waals surface area contributed by atoms with Crippen molar-refractivity contribution in [2.24, 2.45) is 0 Å². The summed E-state index contributed by atoms with van der Waals surface area (Å²) in [5.41, 5.74) is 4.74. The molecule has 0 fully saturated rings. The Morgan fingerprint density at radius 2 is 2.11 bits per heavy atom. The molecule has 0 aliphatic heterocycles. The Bertz CT molecular complexity index is 599. The number of hydrogen-bond donors (Lipinski definition) is 0. The van der Waals surface area contributed by atoms with Crippen molar-refractivity contribution in [3.63, 3.8) is 0 Å². The minimum absolute atomic E-state index is 0.177. The Hall–Kier alpha value is -1.74. The predicted octanol–water partition coefficient (Wildman–Crippen LogP) is 3.75. The maximum absolute atomic E-state index is 12.5. The monoisotopic (exact) mass is 255 g/mol. The van der Waals surface area contributed by atoms with Crippen molar-refractivity contribution in [3.05, 3.63) is 57.6 Å². The van der Waals surface area contributed by atoms with Crippen molar-refractivity contribution >= 4 is 23.2 Å². The van der Waals surface area contributed by atoms with E-state index in [4.69, 9.17) is 0 Å². The molecule has 0 radical (unpaired) electrons. The second-order valence-electron chi connectivity index (χ2n) is 4.41. The number of Topliss-reactive ketones (excluding diaryl/α,β-unsaturated/α-hetero) is 1. The molecule has 2 nitrogen and oxygen atoms in total. The Balaban J connectivity index is 2.02. The quantitative estimate of drug-likeness (QED) is 0.574. The fraction of sp³-hybridized carbons (Fsp3) is 0.200. The summed E-state index contributed by atoms with van der Waals surface area (Å²) in [5.74, 6) is 0.177. The first-order chi connectivity index (χ1) is 8.84. The van der Waals surface area contributed by atoms with Crippen LogP contribution < -0.4 is 0 Å². The van der Waals surface area contributed by atoms with Crippen LogP contribution in [-0.2, 0) is 6.42 Å². The molecule has 90 valence electrons. The zero-order valence-corrected chi connectivity index (χ0v) is 10.7. The summed E-state index contributed by atoms with van der Waals surface area (Å²) >= 11 is 1.57. The average molecular weight is 255 g/mol. The van der Waals surface area contributed by atoms with E-state index in [1.165, 1.54) is 5.56 Å². The number of allylic oxidation sites excluding steroid dienone is 1. The maximum Gasteiger partial charge on any atom is 0.189 e. The lowest BCUT2D eigenvalue weighted by Crippen LogP contribution is -2.03. The summed E-state index contributed by atoms with van der Waals surface area (Å²) in [6.45, 7) is 0. The SMILES string of the molecule is O=C1/C(=C/c2cncs2)CCCc2ccccc21. The molecule has 3 rings (SSSR count). The number of hydrogen-bond acceptors (Lipinski definition) is 3. The summed E-state index contributed by atoms with van der Waals surface area (Å²) in [4.78, 5) is 17.6. The smallest absolute Gasteiger partial charge is 0.189 e. The van der Waals surface area contributed by atoms with Crippen molar-refractivity contribution in [1.82, 2.24) is 4.98 Å². The fourth-order valence-electron chi connectivity index (χ4n) is 2.32. The molecule has 0 saturated heterocycles. The molecule has 0 bridgehead atoms. The zero-order valence-electron chi connectivity index (χ0n) is 9.93. The number of carbonyl (C=O) groups excluding carboxylic acids is 1. The lowest BCUT2D eigenvalue weighted by atomic mass is 10.00. The van der Waals surface area contributed by atoms with Crippen LogP contribution in [0.4, 0.5) is 0 Å². The van der Waals surface area contributed by atoms with Crippen LogP contribution in [0, 0.1) is 0 Å². The van der Waals surface area contributed by atoms with Crippen LogP contribution in [-0.4, -0.2) is 10.8 Å². The number of rotatable bonds is 1. The number of nitrogens with zero attached hydrogens (tertiary/aromatic N) is 1. The molecule has 18 heavy (non-hydrogen) atoms. The number of carbonyl (C=O) groups is 1. The highest BCUT2D eigenvalue weighted by Gasteiger charge is 2.19. The molecule has 1 aromatic carbocycles. The molecule has 1 aliphatic carbocycles. The number of fused-ring (bicyclic) bond motifs is 1. The van der Waals surface area contributed by atoms with E-state index in [1.807, 2.05) is 30.5 Å². The minimum atomic E-state index is 0.177. The van der Waals surface area contributed by atoms with E-state index >= 15 is 0 Å². The molecule has 0 spiro atoms. The molecule has 0 saturated carbocycles. The molecule has 0 atom stereocenters. The molecule has 1 aromatic heterocycles. The summed E-state index contributed by atoms with van der Waals surface area (Å²) in [5, 5.41) is 0. The third kappa shape index (κ3) is 2.14. The Morgan fingerprint density at radius 1 is 1.22 bits per heavy atom. The van der Waals surface area contributed by atoms with Gasteiger partial charge in [-0.3, -0.25) is 9.78 Å². The number of benzene rings is 1. The van der Waals surface area contributed by atoms with Crippen molar-refractivity contribution < 1.29 is 4.79 Å². The van der Waals surface area contributed by atoms with Crippen molar-refractivity contribution in [3.8, 4) is 0 Å². The number of thiazole rings is 1. The first kappa shape index (κ1) is 11.4. The van der Waals surface area contributed by atoms with Gasteiger partial charge in [-0.15, -0.1) is 11.3 Å². The molecule has 1 aliphatic rings. The van der Waals surface area contributed by atoms with E-state index in [0.29, 0.717) is 0 Å². The van der Waals surface area contributed by atoms with Gasteiger partial charge in [-0.25, -0.2) is 0 Å². The van der Waals surface area contributed by atoms with Gasteiger partial charge in [-0.2, -0.15) is 0 Å². The topological polar surface area (TPSA) is 30.0 Å². The minimum Gasteiger partial charge on any atom is -0.289 e. The van der Waals surface area contributed by atoms with Crippen molar-refractivity contribution in [2.45, 2.75) is 19.3 Å². The zero-order chi connectivity index (χ0) is 12.4. The number of aromatic nitrogens is 1. The van der Waals surface area contributed by atoms with E-state index < -0.39 is 0 Å². The van der Waals surface area contributed by atoms with Gasteiger partial charge in [0.05, 0.1) is 5.51 Å². The van der Waals surface area contributed by atoms with Gasteiger partial charge in [-0.1, -0.05) is 24.3 Å². The van der Waals surface area contributed by atoms with Crippen LogP contribution in [0.1, 0.15) is 33.6 Å². The Morgan fingerprint density at radius 3 is 2.94 bits per heavy atom. The van der Waals surface area contributed by atoms with Gasteiger partial charge in [0.25, 0.3) is 0 Å². The summed E-state index contributed by atoms with van der Waals surface area (Å²) in [6, 6.07) is 7.93. The summed E-state index contributed by atoms with van der Waals surface area (Å²) < 4.78 is 0. The molecule has 0 amide bonds. The molecule has 3 heteroatoms. The molecular weight excluding hydrogens is 242 g/mol. The van der Waals surface area contributed by atoms with Crippen LogP contribution in [0.3, 0.4) is 0 Å². The van der Waals surface area contributed by atoms with Gasteiger partial charge in [0, 0.05) is 22.2 Å².